The molecule has 1 saturated heterocycles. The van der Waals surface area contributed by atoms with Crippen molar-refractivity contribution in [3.8, 4) is 5.75 Å². The summed E-state index contributed by atoms with van der Waals surface area (Å²) in [5, 5.41) is 3.59. The Bertz CT molecular complexity index is 425. The van der Waals surface area contributed by atoms with Crippen LogP contribution in [0.2, 0.25) is 0 Å². The van der Waals surface area contributed by atoms with Crippen LogP contribution in [0.15, 0.2) is 24.3 Å². The molecule has 0 saturated carbocycles. The first-order chi connectivity index (χ1) is 10.3. The van der Waals surface area contributed by atoms with E-state index in [2.05, 4.69) is 36.2 Å². The van der Waals surface area contributed by atoms with Gasteiger partial charge in [-0.05, 0) is 19.0 Å². The summed E-state index contributed by atoms with van der Waals surface area (Å²) in [6.07, 6.45) is 1.45. The Kier molecular flexibility index (Phi) is 6.49. The van der Waals surface area contributed by atoms with Crippen LogP contribution in [-0.4, -0.2) is 50.9 Å². The fourth-order valence-electron chi connectivity index (χ4n) is 2.92. The molecule has 1 aromatic rings. The summed E-state index contributed by atoms with van der Waals surface area (Å²) in [4.78, 5) is 2.50. The van der Waals surface area contributed by atoms with Gasteiger partial charge in [0.25, 0.3) is 0 Å². The van der Waals surface area contributed by atoms with Crippen LogP contribution in [0.25, 0.3) is 0 Å². The van der Waals surface area contributed by atoms with E-state index < -0.39 is 0 Å². The monoisotopic (exact) mass is 292 g/mol. The molecule has 1 aliphatic heterocycles. The molecule has 0 bridgehead atoms. The smallest absolute Gasteiger partial charge is 0.123 e. The summed E-state index contributed by atoms with van der Waals surface area (Å²) >= 11 is 0. The Morgan fingerprint density at radius 2 is 2.19 bits per heavy atom. The molecule has 0 aliphatic carbocycles. The standard InChI is InChI=1S/C17H28N2O2/c1-4-14-12-19(10-11-21-14)13-16(18-5-2)15-8-6-7-9-17(15)20-3/h6-9,14,16,18H,4-5,10-13H2,1-3H3. The summed E-state index contributed by atoms with van der Waals surface area (Å²) in [6.45, 7) is 9.15. The Labute approximate surface area is 128 Å². The number of morpholine rings is 1. The average molecular weight is 292 g/mol. The first-order valence-electron chi connectivity index (χ1n) is 7.98. The molecule has 2 rings (SSSR count). The zero-order valence-corrected chi connectivity index (χ0v) is 13.5. The summed E-state index contributed by atoms with van der Waals surface area (Å²) in [6, 6.07) is 8.59. The first kappa shape index (κ1) is 16.3. The lowest BCUT2D eigenvalue weighted by molar-refractivity contribution is -0.0322. The molecule has 0 spiro atoms. The predicted octanol–water partition coefficient (Wildman–Crippen LogP) is 2.46. The molecule has 0 aromatic heterocycles. The summed E-state index contributed by atoms with van der Waals surface area (Å²) in [5.41, 5.74) is 1.24. The minimum Gasteiger partial charge on any atom is -0.496 e. The fourth-order valence-corrected chi connectivity index (χ4v) is 2.92. The largest absolute Gasteiger partial charge is 0.496 e. The number of ether oxygens (including phenoxy) is 2. The van der Waals surface area contributed by atoms with E-state index in [1.54, 1.807) is 7.11 Å². The van der Waals surface area contributed by atoms with Crippen LogP contribution >= 0.6 is 0 Å². The summed E-state index contributed by atoms with van der Waals surface area (Å²) < 4.78 is 11.3. The van der Waals surface area contributed by atoms with Crippen molar-refractivity contribution in [2.45, 2.75) is 32.4 Å². The molecule has 1 heterocycles. The van der Waals surface area contributed by atoms with E-state index in [9.17, 15) is 0 Å². The maximum atomic E-state index is 5.76. The second-order valence-corrected chi connectivity index (χ2v) is 5.51. The number of rotatable bonds is 7. The van der Waals surface area contributed by atoms with Gasteiger partial charge in [-0.25, -0.2) is 0 Å². The average Bonchev–Trinajstić information content (AvgIpc) is 2.54. The zero-order chi connectivity index (χ0) is 15.1. The molecule has 2 unspecified atom stereocenters. The zero-order valence-electron chi connectivity index (χ0n) is 13.5. The molecule has 0 amide bonds. The first-order valence-corrected chi connectivity index (χ1v) is 7.98. The van der Waals surface area contributed by atoms with Gasteiger partial charge in [0, 0.05) is 31.2 Å². The highest BCUT2D eigenvalue weighted by Gasteiger charge is 2.23. The molecule has 0 radical (unpaired) electrons. The van der Waals surface area contributed by atoms with Gasteiger partial charge >= 0.3 is 0 Å². The highest BCUT2D eigenvalue weighted by atomic mass is 16.5. The van der Waals surface area contributed by atoms with Gasteiger partial charge < -0.3 is 14.8 Å². The Balaban J connectivity index is 2.08. The van der Waals surface area contributed by atoms with Crippen LogP contribution in [0, 0.1) is 0 Å². The third-order valence-corrected chi connectivity index (χ3v) is 4.08. The van der Waals surface area contributed by atoms with E-state index in [-0.39, 0.29) is 0 Å². The SMILES string of the molecule is CCNC(CN1CCOC(CC)C1)c1ccccc1OC. The number of hydrogen-bond acceptors (Lipinski definition) is 4. The van der Waals surface area contributed by atoms with Crippen molar-refractivity contribution in [1.82, 2.24) is 10.2 Å². The molecule has 1 aromatic carbocycles. The summed E-state index contributed by atoms with van der Waals surface area (Å²) in [5.74, 6) is 0.962. The van der Waals surface area contributed by atoms with Gasteiger partial charge in [0.15, 0.2) is 0 Å². The lowest BCUT2D eigenvalue weighted by atomic mass is 10.0. The molecule has 118 valence electrons. The van der Waals surface area contributed by atoms with Gasteiger partial charge in [-0.2, -0.15) is 0 Å². The Morgan fingerprint density at radius 1 is 1.38 bits per heavy atom. The quantitative estimate of drug-likeness (QED) is 0.837. The number of nitrogens with zero attached hydrogens (tertiary/aromatic N) is 1. The van der Waals surface area contributed by atoms with E-state index in [0.717, 1.165) is 45.0 Å². The topological polar surface area (TPSA) is 33.7 Å². The van der Waals surface area contributed by atoms with Crippen LogP contribution in [-0.2, 0) is 4.74 Å². The van der Waals surface area contributed by atoms with Crippen LogP contribution < -0.4 is 10.1 Å². The summed E-state index contributed by atoms with van der Waals surface area (Å²) in [7, 11) is 1.74. The minimum absolute atomic E-state index is 0.293. The third-order valence-electron chi connectivity index (χ3n) is 4.08. The highest BCUT2D eigenvalue weighted by Crippen LogP contribution is 2.26. The Morgan fingerprint density at radius 3 is 2.90 bits per heavy atom. The van der Waals surface area contributed by atoms with Crippen molar-refractivity contribution < 1.29 is 9.47 Å². The second-order valence-electron chi connectivity index (χ2n) is 5.51. The predicted molar refractivity (Wildman–Crippen MR) is 85.9 cm³/mol. The molecule has 4 heteroatoms. The van der Waals surface area contributed by atoms with Crippen LogP contribution in [0.3, 0.4) is 0 Å². The maximum Gasteiger partial charge on any atom is 0.123 e. The van der Waals surface area contributed by atoms with E-state index in [1.807, 2.05) is 12.1 Å². The molecule has 1 fully saturated rings. The van der Waals surface area contributed by atoms with Crippen LogP contribution in [0.5, 0.6) is 5.75 Å². The highest BCUT2D eigenvalue weighted by molar-refractivity contribution is 5.36. The molecule has 4 nitrogen and oxygen atoms in total. The van der Waals surface area contributed by atoms with Gasteiger partial charge in [0.05, 0.1) is 19.8 Å². The normalized spacial score (nSPS) is 21.2. The molecule has 1 aliphatic rings. The molecule has 21 heavy (non-hydrogen) atoms. The van der Waals surface area contributed by atoms with Crippen LogP contribution in [0.1, 0.15) is 31.9 Å². The van der Waals surface area contributed by atoms with Gasteiger partial charge in [-0.1, -0.05) is 32.0 Å². The van der Waals surface area contributed by atoms with Gasteiger partial charge in [0.1, 0.15) is 5.75 Å². The van der Waals surface area contributed by atoms with E-state index in [1.165, 1.54) is 5.56 Å². The van der Waals surface area contributed by atoms with Crippen molar-refractivity contribution in [1.29, 1.82) is 0 Å². The lowest BCUT2D eigenvalue weighted by Crippen LogP contribution is -2.45. The molecule has 1 N–H and O–H groups in total. The molecular weight excluding hydrogens is 264 g/mol. The number of para-hydroxylation sites is 1. The number of hydrogen-bond donors (Lipinski definition) is 1. The van der Waals surface area contributed by atoms with Crippen molar-refractivity contribution in [2.24, 2.45) is 0 Å². The van der Waals surface area contributed by atoms with Gasteiger partial charge in [-0.3, -0.25) is 4.90 Å². The number of benzene rings is 1. The van der Waals surface area contributed by atoms with Gasteiger partial charge in [0.2, 0.25) is 0 Å². The van der Waals surface area contributed by atoms with Gasteiger partial charge in [-0.15, -0.1) is 0 Å². The second kappa shape index (κ2) is 8.37. The minimum atomic E-state index is 0.293. The number of nitrogens with one attached hydrogen (secondary N) is 1. The number of likely N-dealkylation sites (N-methyl/N-ethyl adjacent to an activating group) is 1. The molecular formula is C17H28N2O2. The van der Waals surface area contributed by atoms with Crippen molar-refractivity contribution in [3.63, 3.8) is 0 Å². The van der Waals surface area contributed by atoms with E-state index >= 15 is 0 Å². The van der Waals surface area contributed by atoms with E-state index in [4.69, 9.17) is 9.47 Å². The molecule has 2 atom stereocenters. The maximum absolute atomic E-state index is 5.76. The van der Waals surface area contributed by atoms with Crippen molar-refractivity contribution >= 4 is 0 Å². The lowest BCUT2D eigenvalue weighted by Gasteiger charge is -2.35. The number of methoxy groups -OCH3 is 1. The fraction of sp³-hybridized carbons (Fsp3) is 0.647. The Hall–Kier alpha value is -1.10. The van der Waals surface area contributed by atoms with Crippen LogP contribution in [0.4, 0.5) is 0 Å². The van der Waals surface area contributed by atoms with Crippen molar-refractivity contribution in [3.05, 3.63) is 29.8 Å². The van der Waals surface area contributed by atoms with Crippen molar-refractivity contribution in [2.75, 3.05) is 39.9 Å². The third kappa shape index (κ3) is 4.43. The van der Waals surface area contributed by atoms with E-state index in [0.29, 0.717) is 12.1 Å².